The molecule has 23 heavy (non-hydrogen) atoms. The molecule has 0 unspecified atom stereocenters. The second kappa shape index (κ2) is 7.15. The summed E-state index contributed by atoms with van der Waals surface area (Å²) in [6, 6.07) is 13.0. The van der Waals surface area contributed by atoms with Gasteiger partial charge in [-0.25, -0.2) is 0 Å². The number of nitrogens with one attached hydrogen (secondary N) is 2. The number of phenols is 1. The summed E-state index contributed by atoms with van der Waals surface area (Å²) in [6.07, 6.45) is -4.92. The van der Waals surface area contributed by atoms with Crippen LogP contribution in [0.3, 0.4) is 0 Å². The fraction of sp³-hybridized carbons (Fsp3) is 0.188. The van der Waals surface area contributed by atoms with Crippen molar-refractivity contribution in [2.24, 2.45) is 0 Å². The second-order valence-corrected chi connectivity index (χ2v) is 4.88. The van der Waals surface area contributed by atoms with Gasteiger partial charge in [0.1, 0.15) is 5.75 Å². The number of carbonyl (C=O) groups is 1. The van der Waals surface area contributed by atoms with Crippen LogP contribution in [-0.2, 0) is 17.9 Å². The summed E-state index contributed by atoms with van der Waals surface area (Å²) >= 11 is 0. The van der Waals surface area contributed by atoms with E-state index in [9.17, 15) is 23.1 Å². The van der Waals surface area contributed by atoms with Gasteiger partial charge in [0.15, 0.2) is 0 Å². The zero-order valence-electron chi connectivity index (χ0n) is 12.0. The molecule has 2 aromatic carbocycles. The Balaban J connectivity index is 1.93. The summed E-state index contributed by atoms with van der Waals surface area (Å²) in [5, 5.41) is 14.5. The lowest BCUT2D eigenvalue weighted by Gasteiger charge is -2.10. The molecule has 2 rings (SSSR count). The largest absolute Gasteiger partial charge is 0.508 e. The number of carbonyl (C=O) groups excluding carboxylic acids is 1. The number of alkyl halides is 3. The molecule has 0 aliphatic rings. The van der Waals surface area contributed by atoms with Gasteiger partial charge in [0, 0.05) is 24.3 Å². The zero-order chi connectivity index (χ0) is 16.9. The topological polar surface area (TPSA) is 61.4 Å². The van der Waals surface area contributed by atoms with E-state index in [1.807, 2.05) is 5.32 Å². The highest BCUT2D eigenvalue weighted by Crippen LogP contribution is 2.19. The van der Waals surface area contributed by atoms with Crippen molar-refractivity contribution in [3.8, 4) is 5.75 Å². The van der Waals surface area contributed by atoms with Crippen LogP contribution in [0.4, 0.5) is 18.9 Å². The summed E-state index contributed by atoms with van der Waals surface area (Å²) in [5.41, 5.74) is 1.50. The number of halogens is 3. The standard InChI is InChI=1S/C16H15F3N2O2/c17-16(18,19)15(23)21-13-6-3-4-11(8-13)9-20-10-12-5-1-2-7-14(12)22/h1-8,20,22H,9-10H2,(H,21,23). The Kier molecular flexibility index (Phi) is 5.23. The van der Waals surface area contributed by atoms with E-state index < -0.39 is 12.1 Å². The van der Waals surface area contributed by atoms with Gasteiger partial charge in [0.05, 0.1) is 0 Å². The molecule has 3 N–H and O–H groups in total. The van der Waals surface area contributed by atoms with Crippen molar-refractivity contribution in [2.45, 2.75) is 19.3 Å². The molecule has 0 aliphatic heterocycles. The maximum absolute atomic E-state index is 12.2. The van der Waals surface area contributed by atoms with Gasteiger partial charge in [-0.3, -0.25) is 4.79 Å². The van der Waals surface area contributed by atoms with E-state index in [-0.39, 0.29) is 11.4 Å². The van der Waals surface area contributed by atoms with Crippen LogP contribution in [0.1, 0.15) is 11.1 Å². The van der Waals surface area contributed by atoms with Crippen molar-refractivity contribution in [1.29, 1.82) is 0 Å². The molecule has 0 fully saturated rings. The smallest absolute Gasteiger partial charge is 0.471 e. The Morgan fingerprint density at radius 1 is 1.04 bits per heavy atom. The molecule has 2 aromatic rings. The minimum absolute atomic E-state index is 0.0779. The molecule has 122 valence electrons. The monoisotopic (exact) mass is 324 g/mol. The van der Waals surface area contributed by atoms with Gasteiger partial charge >= 0.3 is 12.1 Å². The highest BCUT2D eigenvalue weighted by Gasteiger charge is 2.38. The van der Waals surface area contributed by atoms with Crippen LogP contribution >= 0.6 is 0 Å². The first-order valence-corrected chi connectivity index (χ1v) is 6.81. The first-order chi connectivity index (χ1) is 10.9. The van der Waals surface area contributed by atoms with Gasteiger partial charge in [-0.1, -0.05) is 30.3 Å². The summed E-state index contributed by atoms with van der Waals surface area (Å²) in [5.74, 6) is -1.83. The Morgan fingerprint density at radius 2 is 1.78 bits per heavy atom. The molecule has 0 aromatic heterocycles. The van der Waals surface area contributed by atoms with Gasteiger partial charge in [-0.15, -0.1) is 0 Å². The van der Waals surface area contributed by atoms with E-state index in [2.05, 4.69) is 5.32 Å². The number of aromatic hydroxyl groups is 1. The highest BCUT2D eigenvalue weighted by molar-refractivity contribution is 5.94. The molecule has 0 atom stereocenters. The number of anilines is 1. The fourth-order valence-electron chi connectivity index (χ4n) is 1.96. The molecule has 0 saturated carbocycles. The number of hydrogen-bond acceptors (Lipinski definition) is 3. The predicted octanol–water partition coefficient (Wildman–Crippen LogP) is 3.18. The van der Waals surface area contributed by atoms with E-state index in [0.29, 0.717) is 24.2 Å². The van der Waals surface area contributed by atoms with Crippen LogP contribution in [0, 0.1) is 0 Å². The Bertz CT molecular complexity index is 687. The molecular weight excluding hydrogens is 309 g/mol. The Hall–Kier alpha value is -2.54. The maximum atomic E-state index is 12.2. The molecule has 1 amide bonds. The van der Waals surface area contributed by atoms with E-state index in [1.165, 1.54) is 12.1 Å². The fourth-order valence-corrected chi connectivity index (χ4v) is 1.96. The van der Waals surface area contributed by atoms with Crippen LogP contribution in [0.5, 0.6) is 5.75 Å². The third-order valence-corrected chi connectivity index (χ3v) is 3.08. The molecule has 0 spiro atoms. The second-order valence-electron chi connectivity index (χ2n) is 4.88. The van der Waals surface area contributed by atoms with Gasteiger partial charge in [-0.05, 0) is 23.8 Å². The van der Waals surface area contributed by atoms with E-state index in [0.717, 1.165) is 0 Å². The summed E-state index contributed by atoms with van der Waals surface area (Å²) in [6.45, 7) is 0.788. The molecule has 0 heterocycles. The molecule has 0 radical (unpaired) electrons. The van der Waals surface area contributed by atoms with Crippen LogP contribution in [-0.4, -0.2) is 17.2 Å². The Labute approximate surface area is 131 Å². The van der Waals surface area contributed by atoms with Crippen molar-refractivity contribution in [3.05, 3.63) is 59.7 Å². The van der Waals surface area contributed by atoms with Crippen molar-refractivity contribution >= 4 is 11.6 Å². The molecule has 0 saturated heterocycles. The van der Waals surface area contributed by atoms with Crippen molar-refractivity contribution in [3.63, 3.8) is 0 Å². The SMILES string of the molecule is O=C(Nc1cccc(CNCc2ccccc2O)c1)C(F)(F)F. The number of amides is 1. The van der Waals surface area contributed by atoms with E-state index in [4.69, 9.17) is 0 Å². The van der Waals surface area contributed by atoms with Crippen LogP contribution in [0.25, 0.3) is 0 Å². The van der Waals surface area contributed by atoms with E-state index >= 15 is 0 Å². The Morgan fingerprint density at radius 3 is 2.48 bits per heavy atom. The minimum Gasteiger partial charge on any atom is -0.508 e. The van der Waals surface area contributed by atoms with Crippen LogP contribution < -0.4 is 10.6 Å². The van der Waals surface area contributed by atoms with Gasteiger partial charge in [0.25, 0.3) is 0 Å². The number of rotatable bonds is 5. The third-order valence-electron chi connectivity index (χ3n) is 3.08. The quantitative estimate of drug-likeness (QED) is 0.791. The molecule has 0 bridgehead atoms. The number of hydrogen-bond donors (Lipinski definition) is 3. The zero-order valence-corrected chi connectivity index (χ0v) is 12.0. The lowest BCUT2D eigenvalue weighted by Crippen LogP contribution is -2.29. The summed E-state index contributed by atoms with van der Waals surface area (Å²) < 4.78 is 36.6. The summed E-state index contributed by atoms with van der Waals surface area (Å²) in [7, 11) is 0. The van der Waals surface area contributed by atoms with Gasteiger partial charge in [0.2, 0.25) is 0 Å². The lowest BCUT2D eigenvalue weighted by atomic mass is 10.1. The molecule has 0 aliphatic carbocycles. The molecule has 4 nitrogen and oxygen atoms in total. The number of phenolic OH excluding ortho intramolecular Hbond substituents is 1. The first-order valence-electron chi connectivity index (χ1n) is 6.81. The molecular formula is C16H15F3N2O2. The average molecular weight is 324 g/mol. The van der Waals surface area contributed by atoms with Gasteiger partial charge < -0.3 is 15.7 Å². The normalized spacial score (nSPS) is 11.3. The van der Waals surface area contributed by atoms with Crippen molar-refractivity contribution in [2.75, 3.05) is 5.32 Å². The van der Waals surface area contributed by atoms with Crippen molar-refractivity contribution in [1.82, 2.24) is 5.32 Å². The van der Waals surface area contributed by atoms with Crippen LogP contribution in [0.15, 0.2) is 48.5 Å². The number of benzene rings is 2. The molecule has 7 heteroatoms. The third kappa shape index (κ3) is 5.00. The number of para-hydroxylation sites is 1. The van der Waals surface area contributed by atoms with Crippen LogP contribution in [0.2, 0.25) is 0 Å². The average Bonchev–Trinajstić information content (AvgIpc) is 2.49. The first kappa shape index (κ1) is 16.8. The van der Waals surface area contributed by atoms with E-state index in [1.54, 1.807) is 36.4 Å². The van der Waals surface area contributed by atoms with Crippen molar-refractivity contribution < 1.29 is 23.1 Å². The van der Waals surface area contributed by atoms with Gasteiger partial charge in [-0.2, -0.15) is 13.2 Å². The summed E-state index contributed by atoms with van der Waals surface area (Å²) in [4.78, 5) is 10.9. The lowest BCUT2D eigenvalue weighted by molar-refractivity contribution is -0.167. The predicted molar refractivity (Wildman–Crippen MR) is 79.8 cm³/mol. The minimum atomic E-state index is -4.92. The highest BCUT2D eigenvalue weighted by atomic mass is 19.4. The maximum Gasteiger partial charge on any atom is 0.471 e.